The Morgan fingerprint density at radius 2 is 2.14 bits per heavy atom. The van der Waals surface area contributed by atoms with Crippen molar-refractivity contribution < 1.29 is 9.72 Å². The number of amides is 1. The lowest BCUT2D eigenvalue weighted by molar-refractivity contribution is -0.384. The van der Waals surface area contributed by atoms with Gasteiger partial charge in [0.1, 0.15) is 0 Å². The van der Waals surface area contributed by atoms with Gasteiger partial charge in [0.2, 0.25) is 5.91 Å². The van der Waals surface area contributed by atoms with Crippen LogP contribution in [0.25, 0.3) is 0 Å². The number of anilines is 1. The maximum absolute atomic E-state index is 12.0. The zero-order valence-corrected chi connectivity index (χ0v) is 12.9. The van der Waals surface area contributed by atoms with Gasteiger partial charge in [-0.15, -0.1) is 0 Å². The first kappa shape index (κ1) is 17.4. The molecule has 6 nitrogen and oxygen atoms in total. The summed E-state index contributed by atoms with van der Waals surface area (Å²) >= 11 is 5.93. The minimum absolute atomic E-state index is 0.113. The quantitative estimate of drug-likeness (QED) is 0.596. The predicted octanol–water partition coefficient (Wildman–Crippen LogP) is 3.20. The average Bonchev–Trinajstić information content (AvgIpc) is 2.39. The van der Waals surface area contributed by atoms with Gasteiger partial charge < -0.3 is 11.1 Å². The second-order valence-corrected chi connectivity index (χ2v) is 5.81. The predicted molar refractivity (Wildman–Crippen MR) is 83.4 cm³/mol. The third-order valence-electron chi connectivity index (χ3n) is 3.05. The van der Waals surface area contributed by atoms with Crippen molar-refractivity contribution in [1.82, 2.24) is 0 Å². The van der Waals surface area contributed by atoms with E-state index in [2.05, 4.69) is 19.2 Å². The van der Waals surface area contributed by atoms with Crippen molar-refractivity contribution in [2.24, 2.45) is 17.6 Å². The molecule has 0 aromatic heterocycles. The van der Waals surface area contributed by atoms with Gasteiger partial charge in [-0.1, -0.05) is 25.4 Å². The van der Waals surface area contributed by atoms with Crippen LogP contribution >= 0.6 is 11.6 Å². The molecule has 0 aliphatic carbocycles. The molecule has 0 aliphatic heterocycles. The molecule has 0 bridgehead atoms. The van der Waals surface area contributed by atoms with Crippen molar-refractivity contribution in [3.63, 3.8) is 0 Å². The summed E-state index contributed by atoms with van der Waals surface area (Å²) in [4.78, 5) is 22.1. The fourth-order valence-corrected chi connectivity index (χ4v) is 2.33. The van der Waals surface area contributed by atoms with Gasteiger partial charge in [-0.2, -0.15) is 0 Å². The second kappa shape index (κ2) is 7.95. The summed E-state index contributed by atoms with van der Waals surface area (Å²) in [6, 6.07) is 3.94. The number of nitrogens with zero attached hydrogens (tertiary/aromatic N) is 1. The van der Waals surface area contributed by atoms with E-state index in [9.17, 15) is 14.9 Å². The molecular weight excluding hydrogens is 294 g/mol. The summed E-state index contributed by atoms with van der Waals surface area (Å²) in [5.74, 6) is 0.387. The Balaban J connectivity index is 2.68. The van der Waals surface area contributed by atoms with Crippen molar-refractivity contribution in [1.29, 1.82) is 0 Å². The van der Waals surface area contributed by atoms with E-state index in [0.29, 0.717) is 24.6 Å². The second-order valence-electron chi connectivity index (χ2n) is 5.40. The van der Waals surface area contributed by atoms with Crippen LogP contribution in [0.15, 0.2) is 18.2 Å². The number of nitro benzene ring substituents is 1. The van der Waals surface area contributed by atoms with Crippen LogP contribution in [-0.2, 0) is 4.79 Å². The Hall–Kier alpha value is -1.66. The highest BCUT2D eigenvalue weighted by atomic mass is 35.5. The molecule has 3 N–H and O–H groups in total. The van der Waals surface area contributed by atoms with E-state index in [1.807, 2.05) is 0 Å². The molecule has 1 aromatic rings. The van der Waals surface area contributed by atoms with Crippen LogP contribution < -0.4 is 11.1 Å². The van der Waals surface area contributed by atoms with E-state index < -0.39 is 4.92 Å². The van der Waals surface area contributed by atoms with Crippen molar-refractivity contribution in [3.8, 4) is 0 Å². The van der Waals surface area contributed by atoms with Crippen LogP contribution in [0, 0.1) is 22.0 Å². The molecule has 7 heteroatoms. The molecule has 0 radical (unpaired) electrons. The molecule has 0 heterocycles. The third-order valence-corrected chi connectivity index (χ3v) is 3.36. The first-order valence-electron chi connectivity index (χ1n) is 6.77. The van der Waals surface area contributed by atoms with E-state index in [1.54, 1.807) is 0 Å². The first-order chi connectivity index (χ1) is 9.83. The van der Waals surface area contributed by atoms with Gasteiger partial charge in [0.05, 0.1) is 15.6 Å². The Morgan fingerprint density at radius 1 is 1.48 bits per heavy atom. The fraction of sp³-hybridized carbons (Fsp3) is 0.500. The highest BCUT2D eigenvalue weighted by Gasteiger charge is 2.16. The lowest BCUT2D eigenvalue weighted by atomic mass is 9.94. The number of rotatable bonds is 7. The zero-order valence-electron chi connectivity index (χ0n) is 12.1. The van der Waals surface area contributed by atoms with Gasteiger partial charge in [0, 0.05) is 18.6 Å². The van der Waals surface area contributed by atoms with Gasteiger partial charge in [-0.3, -0.25) is 14.9 Å². The van der Waals surface area contributed by atoms with Gasteiger partial charge in [-0.25, -0.2) is 0 Å². The van der Waals surface area contributed by atoms with E-state index in [-0.39, 0.29) is 22.5 Å². The molecule has 1 amide bonds. The van der Waals surface area contributed by atoms with Crippen molar-refractivity contribution >= 4 is 28.9 Å². The maximum Gasteiger partial charge on any atom is 0.271 e. The number of nitro groups is 1. The largest absolute Gasteiger partial charge is 0.330 e. The van der Waals surface area contributed by atoms with Crippen LogP contribution in [0.5, 0.6) is 0 Å². The van der Waals surface area contributed by atoms with Crippen LogP contribution in [0.2, 0.25) is 5.02 Å². The van der Waals surface area contributed by atoms with Crippen molar-refractivity contribution in [3.05, 3.63) is 33.3 Å². The summed E-state index contributed by atoms with van der Waals surface area (Å²) in [5.41, 5.74) is 5.92. The van der Waals surface area contributed by atoms with Crippen molar-refractivity contribution in [2.75, 3.05) is 11.9 Å². The molecular formula is C14H20ClN3O3. The van der Waals surface area contributed by atoms with Crippen LogP contribution in [0.1, 0.15) is 26.7 Å². The summed E-state index contributed by atoms with van der Waals surface area (Å²) in [7, 11) is 0. The molecule has 0 unspecified atom stereocenters. The average molecular weight is 314 g/mol. The maximum atomic E-state index is 12.0. The standard InChI is InChI=1S/C14H20ClN3O3/c1-9(2)5-10(8-16)6-14(19)17-13-4-3-11(18(20)21)7-12(13)15/h3-4,7,9-10H,5-6,8,16H2,1-2H3,(H,17,19)/t10-/m0/s1. The topological polar surface area (TPSA) is 98.3 Å². The number of hydrogen-bond acceptors (Lipinski definition) is 4. The Kier molecular flexibility index (Phi) is 6.58. The molecule has 116 valence electrons. The minimum Gasteiger partial charge on any atom is -0.330 e. The summed E-state index contributed by atoms with van der Waals surface area (Å²) < 4.78 is 0. The van der Waals surface area contributed by atoms with Gasteiger partial charge >= 0.3 is 0 Å². The Bertz CT molecular complexity index is 520. The number of nitrogens with one attached hydrogen (secondary N) is 1. The smallest absolute Gasteiger partial charge is 0.271 e. The highest BCUT2D eigenvalue weighted by Crippen LogP contribution is 2.27. The molecule has 0 fully saturated rings. The molecule has 21 heavy (non-hydrogen) atoms. The number of halogens is 1. The fourth-order valence-electron chi connectivity index (χ4n) is 2.11. The molecule has 0 aliphatic rings. The molecule has 0 spiro atoms. The van der Waals surface area contributed by atoms with Crippen LogP contribution in [0.3, 0.4) is 0 Å². The third kappa shape index (κ3) is 5.69. The van der Waals surface area contributed by atoms with Crippen LogP contribution in [-0.4, -0.2) is 17.4 Å². The van der Waals surface area contributed by atoms with Crippen molar-refractivity contribution in [2.45, 2.75) is 26.7 Å². The van der Waals surface area contributed by atoms with E-state index in [1.165, 1.54) is 18.2 Å². The van der Waals surface area contributed by atoms with Gasteiger partial charge in [-0.05, 0) is 30.9 Å². The van der Waals surface area contributed by atoms with Gasteiger partial charge in [0.25, 0.3) is 5.69 Å². The number of non-ortho nitro benzene ring substituents is 1. The van der Waals surface area contributed by atoms with E-state index in [4.69, 9.17) is 17.3 Å². The Labute approximate surface area is 128 Å². The molecule has 0 saturated carbocycles. The molecule has 1 atom stereocenters. The van der Waals surface area contributed by atoms with Gasteiger partial charge in [0.15, 0.2) is 0 Å². The SMILES string of the molecule is CC(C)C[C@H](CN)CC(=O)Nc1ccc([N+](=O)[O-])cc1Cl. The number of nitrogens with two attached hydrogens (primary N) is 1. The number of hydrogen-bond donors (Lipinski definition) is 2. The summed E-state index contributed by atoms with van der Waals surface area (Å²) in [6.07, 6.45) is 1.18. The Morgan fingerprint density at radius 3 is 2.62 bits per heavy atom. The molecule has 0 saturated heterocycles. The van der Waals surface area contributed by atoms with E-state index in [0.717, 1.165) is 6.42 Å². The number of benzene rings is 1. The number of carbonyl (C=O) groups is 1. The summed E-state index contributed by atoms with van der Waals surface area (Å²) in [6.45, 7) is 4.60. The normalized spacial score (nSPS) is 12.2. The van der Waals surface area contributed by atoms with Crippen LogP contribution in [0.4, 0.5) is 11.4 Å². The lowest BCUT2D eigenvalue weighted by Crippen LogP contribution is -2.23. The first-order valence-corrected chi connectivity index (χ1v) is 7.15. The minimum atomic E-state index is -0.537. The zero-order chi connectivity index (χ0) is 16.0. The molecule has 1 aromatic carbocycles. The lowest BCUT2D eigenvalue weighted by Gasteiger charge is -2.16. The number of carbonyl (C=O) groups excluding carboxylic acids is 1. The monoisotopic (exact) mass is 313 g/mol. The highest BCUT2D eigenvalue weighted by molar-refractivity contribution is 6.33. The van der Waals surface area contributed by atoms with E-state index >= 15 is 0 Å². The summed E-state index contributed by atoms with van der Waals surface area (Å²) in [5, 5.41) is 13.4. The molecule has 1 rings (SSSR count).